The number of piperidine rings is 1. The Hall–Kier alpha value is -1.55. The number of ether oxygens (including phenoxy) is 1. The standard InChI is InChI=1S/C20H30N2O2/c1-15-10-16(2)13-22(12-15)20(23)14-21-9-5-8-19(21)17-6-4-7-18(11-17)24-3/h4,6-7,11,15-16,19H,5,8-10,12-14H2,1-3H3/t15-,16+,19-/m0/s1. The third-order valence-electron chi connectivity index (χ3n) is 5.40. The van der Waals surface area contributed by atoms with Crippen molar-refractivity contribution in [3.8, 4) is 5.75 Å². The molecule has 3 rings (SSSR count). The van der Waals surface area contributed by atoms with E-state index in [1.807, 2.05) is 12.1 Å². The third kappa shape index (κ3) is 3.92. The van der Waals surface area contributed by atoms with Crippen LogP contribution in [0, 0.1) is 11.8 Å². The van der Waals surface area contributed by atoms with E-state index in [2.05, 4.69) is 35.8 Å². The quantitative estimate of drug-likeness (QED) is 0.849. The Balaban J connectivity index is 1.66. The van der Waals surface area contributed by atoms with Gasteiger partial charge in [0.1, 0.15) is 5.75 Å². The van der Waals surface area contributed by atoms with E-state index in [1.54, 1.807) is 7.11 Å². The second-order valence-corrected chi connectivity index (χ2v) is 7.65. The van der Waals surface area contributed by atoms with E-state index in [0.29, 0.717) is 30.3 Å². The number of rotatable bonds is 4. The first-order valence-electron chi connectivity index (χ1n) is 9.22. The highest BCUT2D eigenvalue weighted by molar-refractivity contribution is 5.78. The summed E-state index contributed by atoms with van der Waals surface area (Å²) in [5, 5.41) is 0. The molecule has 2 saturated heterocycles. The summed E-state index contributed by atoms with van der Waals surface area (Å²) in [6.07, 6.45) is 3.51. The predicted molar refractivity (Wildman–Crippen MR) is 96.1 cm³/mol. The van der Waals surface area contributed by atoms with E-state index in [-0.39, 0.29) is 0 Å². The molecule has 1 amide bonds. The van der Waals surface area contributed by atoms with Gasteiger partial charge in [0.2, 0.25) is 5.91 Å². The van der Waals surface area contributed by atoms with Crippen LogP contribution in [-0.4, -0.2) is 49.0 Å². The molecule has 0 radical (unpaired) electrons. The maximum atomic E-state index is 12.8. The van der Waals surface area contributed by atoms with E-state index in [0.717, 1.165) is 38.2 Å². The molecule has 2 aliphatic heterocycles. The number of hydrogen-bond donors (Lipinski definition) is 0. The van der Waals surface area contributed by atoms with Gasteiger partial charge in [-0.2, -0.15) is 0 Å². The number of carbonyl (C=O) groups excluding carboxylic acids is 1. The molecule has 0 N–H and O–H groups in total. The molecule has 1 aromatic rings. The molecule has 132 valence electrons. The first-order chi connectivity index (χ1) is 11.6. The molecule has 0 aliphatic carbocycles. The molecular weight excluding hydrogens is 300 g/mol. The van der Waals surface area contributed by atoms with Gasteiger partial charge < -0.3 is 9.64 Å². The van der Waals surface area contributed by atoms with Gasteiger partial charge >= 0.3 is 0 Å². The Kier molecular flexibility index (Phi) is 5.44. The van der Waals surface area contributed by atoms with E-state index in [1.165, 1.54) is 12.0 Å². The Labute approximate surface area is 145 Å². The monoisotopic (exact) mass is 330 g/mol. The molecule has 0 spiro atoms. The van der Waals surface area contributed by atoms with Crippen LogP contribution in [0.15, 0.2) is 24.3 Å². The normalized spacial score (nSPS) is 28.1. The summed E-state index contributed by atoms with van der Waals surface area (Å²) in [7, 11) is 1.70. The van der Waals surface area contributed by atoms with Crippen LogP contribution in [-0.2, 0) is 4.79 Å². The van der Waals surface area contributed by atoms with Crippen molar-refractivity contribution in [1.29, 1.82) is 0 Å². The van der Waals surface area contributed by atoms with Gasteiger partial charge in [-0.25, -0.2) is 0 Å². The highest BCUT2D eigenvalue weighted by atomic mass is 16.5. The van der Waals surface area contributed by atoms with Crippen LogP contribution in [0.5, 0.6) is 5.75 Å². The Bertz CT molecular complexity index is 565. The van der Waals surface area contributed by atoms with Crippen LogP contribution in [0.3, 0.4) is 0 Å². The van der Waals surface area contributed by atoms with Crippen LogP contribution < -0.4 is 4.74 Å². The van der Waals surface area contributed by atoms with Crippen molar-refractivity contribution in [2.24, 2.45) is 11.8 Å². The molecule has 0 bridgehead atoms. The lowest BCUT2D eigenvalue weighted by Crippen LogP contribution is -2.46. The second kappa shape index (κ2) is 7.56. The molecule has 0 saturated carbocycles. The summed E-state index contributed by atoms with van der Waals surface area (Å²) >= 11 is 0. The zero-order valence-corrected chi connectivity index (χ0v) is 15.2. The van der Waals surface area contributed by atoms with E-state index < -0.39 is 0 Å². The maximum absolute atomic E-state index is 12.8. The number of carbonyl (C=O) groups is 1. The minimum Gasteiger partial charge on any atom is -0.497 e. The van der Waals surface area contributed by atoms with Gasteiger partial charge in [-0.05, 0) is 55.3 Å². The minimum absolute atomic E-state index is 0.295. The Morgan fingerprint density at radius 2 is 2.00 bits per heavy atom. The molecular formula is C20H30N2O2. The summed E-state index contributed by atoms with van der Waals surface area (Å²) in [6, 6.07) is 8.62. The SMILES string of the molecule is COc1cccc([C@@H]2CCCN2CC(=O)N2C[C@H](C)C[C@H](C)C2)c1. The van der Waals surface area contributed by atoms with Gasteiger partial charge in [0.25, 0.3) is 0 Å². The number of likely N-dealkylation sites (tertiary alicyclic amines) is 2. The van der Waals surface area contributed by atoms with Crippen molar-refractivity contribution in [3.63, 3.8) is 0 Å². The van der Waals surface area contributed by atoms with E-state index in [9.17, 15) is 4.79 Å². The molecule has 24 heavy (non-hydrogen) atoms. The van der Waals surface area contributed by atoms with Crippen LogP contribution in [0.4, 0.5) is 0 Å². The van der Waals surface area contributed by atoms with Gasteiger partial charge in [-0.3, -0.25) is 9.69 Å². The van der Waals surface area contributed by atoms with Gasteiger partial charge in [-0.15, -0.1) is 0 Å². The van der Waals surface area contributed by atoms with Crippen molar-refractivity contribution in [2.75, 3.05) is 33.3 Å². The second-order valence-electron chi connectivity index (χ2n) is 7.65. The fraction of sp³-hybridized carbons (Fsp3) is 0.650. The van der Waals surface area contributed by atoms with Crippen molar-refractivity contribution < 1.29 is 9.53 Å². The smallest absolute Gasteiger partial charge is 0.236 e. The zero-order chi connectivity index (χ0) is 17.1. The molecule has 2 heterocycles. The molecule has 3 atom stereocenters. The van der Waals surface area contributed by atoms with Crippen LogP contribution in [0.25, 0.3) is 0 Å². The molecule has 2 aliphatic rings. The first kappa shape index (κ1) is 17.3. The molecule has 4 heteroatoms. The lowest BCUT2D eigenvalue weighted by molar-refractivity contribution is -0.135. The first-order valence-corrected chi connectivity index (χ1v) is 9.22. The van der Waals surface area contributed by atoms with Crippen molar-refractivity contribution in [1.82, 2.24) is 9.80 Å². The summed E-state index contributed by atoms with van der Waals surface area (Å²) in [5.41, 5.74) is 1.26. The number of nitrogens with zero attached hydrogens (tertiary/aromatic N) is 2. The molecule has 1 aromatic carbocycles. The van der Waals surface area contributed by atoms with Crippen molar-refractivity contribution in [2.45, 2.75) is 39.2 Å². The number of hydrogen-bond acceptors (Lipinski definition) is 3. The highest BCUT2D eigenvalue weighted by Gasteiger charge is 2.31. The molecule has 4 nitrogen and oxygen atoms in total. The topological polar surface area (TPSA) is 32.8 Å². The molecule has 2 fully saturated rings. The van der Waals surface area contributed by atoms with Crippen molar-refractivity contribution >= 4 is 5.91 Å². The summed E-state index contributed by atoms with van der Waals surface area (Å²) in [4.78, 5) is 17.2. The third-order valence-corrected chi connectivity index (χ3v) is 5.40. The fourth-order valence-corrected chi connectivity index (χ4v) is 4.38. The molecule has 0 aromatic heterocycles. The van der Waals surface area contributed by atoms with Crippen LogP contribution >= 0.6 is 0 Å². The van der Waals surface area contributed by atoms with E-state index >= 15 is 0 Å². The van der Waals surface area contributed by atoms with Crippen LogP contribution in [0.1, 0.15) is 44.7 Å². The zero-order valence-electron chi connectivity index (χ0n) is 15.2. The fourth-order valence-electron chi connectivity index (χ4n) is 4.38. The average Bonchev–Trinajstić information content (AvgIpc) is 3.02. The largest absolute Gasteiger partial charge is 0.497 e. The Morgan fingerprint density at radius 1 is 1.25 bits per heavy atom. The summed E-state index contributed by atoms with van der Waals surface area (Å²) in [5.74, 6) is 2.42. The van der Waals surface area contributed by atoms with Crippen molar-refractivity contribution in [3.05, 3.63) is 29.8 Å². The minimum atomic E-state index is 0.295. The van der Waals surface area contributed by atoms with Crippen LogP contribution in [0.2, 0.25) is 0 Å². The highest BCUT2D eigenvalue weighted by Crippen LogP contribution is 2.33. The lowest BCUT2D eigenvalue weighted by Gasteiger charge is -2.36. The number of methoxy groups -OCH3 is 1. The average molecular weight is 330 g/mol. The predicted octanol–water partition coefficient (Wildman–Crippen LogP) is 3.34. The number of benzene rings is 1. The lowest BCUT2D eigenvalue weighted by atomic mass is 9.92. The van der Waals surface area contributed by atoms with Gasteiger partial charge in [0.05, 0.1) is 13.7 Å². The van der Waals surface area contributed by atoms with E-state index in [4.69, 9.17) is 4.74 Å². The summed E-state index contributed by atoms with van der Waals surface area (Å²) in [6.45, 7) is 7.89. The maximum Gasteiger partial charge on any atom is 0.236 e. The van der Waals surface area contributed by atoms with Gasteiger partial charge in [-0.1, -0.05) is 26.0 Å². The van der Waals surface area contributed by atoms with Gasteiger partial charge in [0.15, 0.2) is 0 Å². The Morgan fingerprint density at radius 3 is 2.71 bits per heavy atom. The summed E-state index contributed by atoms with van der Waals surface area (Å²) < 4.78 is 5.36. The number of amides is 1. The van der Waals surface area contributed by atoms with Gasteiger partial charge in [0, 0.05) is 19.1 Å². The molecule has 0 unspecified atom stereocenters.